The highest BCUT2D eigenvalue weighted by Gasteiger charge is 2.28. The van der Waals surface area contributed by atoms with Gasteiger partial charge in [-0.3, -0.25) is 4.79 Å². The second-order valence-corrected chi connectivity index (χ2v) is 6.62. The third-order valence-corrected chi connectivity index (χ3v) is 5.12. The van der Waals surface area contributed by atoms with Crippen LogP contribution in [-0.2, 0) is 0 Å². The van der Waals surface area contributed by atoms with Gasteiger partial charge in [0.2, 0.25) is 0 Å². The van der Waals surface area contributed by atoms with Crippen LogP contribution in [0.25, 0.3) is 0 Å². The monoisotopic (exact) mass is 374 g/mol. The minimum Gasteiger partial charge on any atom is -0.492 e. The quantitative estimate of drug-likeness (QED) is 0.396. The van der Waals surface area contributed by atoms with Crippen LogP contribution < -0.4 is 4.74 Å². The second kappa shape index (κ2) is 8.79. The third kappa shape index (κ3) is 5.30. The molecule has 0 radical (unpaired) electrons. The molecule has 4 heteroatoms. The van der Waals surface area contributed by atoms with Crippen LogP contribution in [0.5, 0.6) is 5.75 Å². The predicted octanol–water partition coefficient (Wildman–Crippen LogP) is 5.90. The summed E-state index contributed by atoms with van der Waals surface area (Å²) in [5.41, 5.74) is 0.677. The molecule has 0 spiro atoms. The summed E-state index contributed by atoms with van der Waals surface area (Å²) >= 11 is 9.60. The summed E-state index contributed by atoms with van der Waals surface area (Å²) < 4.78 is 6.01. The van der Waals surface area contributed by atoms with Crippen molar-refractivity contribution in [3.63, 3.8) is 0 Å². The Bertz CT molecular complexity index is 468. The zero-order chi connectivity index (χ0) is 15.9. The minimum absolute atomic E-state index is 0.0251. The molecule has 0 heterocycles. The Kier molecular flexibility index (Phi) is 7.75. The lowest BCUT2D eigenvalue weighted by Crippen LogP contribution is -2.30. The number of carbonyl (C=O) groups excluding carboxylic acids is 1. The Balaban J connectivity index is 2.92. The number of hydrogen-bond acceptors (Lipinski definition) is 2. The zero-order valence-electron chi connectivity index (χ0n) is 13.0. The van der Waals surface area contributed by atoms with Crippen molar-refractivity contribution in [3.05, 3.63) is 28.8 Å². The number of Topliss-reactive ketones (excluding diaryl/α,β-unsaturated/α-hetero) is 1. The topological polar surface area (TPSA) is 26.3 Å². The van der Waals surface area contributed by atoms with Gasteiger partial charge in [-0.05, 0) is 38.0 Å². The van der Waals surface area contributed by atoms with E-state index >= 15 is 0 Å². The maximum absolute atomic E-state index is 11.7. The van der Waals surface area contributed by atoms with E-state index in [1.807, 2.05) is 0 Å². The van der Waals surface area contributed by atoms with Crippen molar-refractivity contribution in [2.45, 2.75) is 46.5 Å². The fraction of sp³-hybridized carbons (Fsp3) is 0.588. The molecule has 0 saturated carbocycles. The van der Waals surface area contributed by atoms with E-state index in [4.69, 9.17) is 16.3 Å². The van der Waals surface area contributed by atoms with Crippen molar-refractivity contribution in [1.82, 2.24) is 0 Å². The van der Waals surface area contributed by atoms with Crippen LogP contribution >= 0.6 is 27.5 Å². The molecule has 0 N–H and O–H groups in total. The van der Waals surface area contributed by atoms with Crippen molar-refractivity contribution in [2.24, 2.45) is 5.41 Å². The van der Waals surface area contributed by atoms with E-state index in [-0.39, 0.29) is 11.2 Å². The Morgan fingerprint density at radius 2 is 1.90 bits per heavy atom. The Morgan fingerprint density at radius 3 is 2.38 bits per heavy atom. The molecule has 1 aromatic rings. The van der Waals surface area contributed by atoms with Gasteiger partial charge in [0.25, 0.3) is 0 Å². The molecule has 2 nitrogen and oxygen atoms in total. The third-order valence-electron chi connectivity index (χ3n) is 3.70. The van der Waals surface area contributed by atoms with Gasteiger partial charge < -0.3 is 4.74 Å². The zero-order valence-corrected chi connectivity index (χ0v) is 15.4. The van der Waals surface area contributed by atoms with Crippen molar-refractivity contribution < 1.29 is 9.53 Å². The summed E-state index contributed by atoms with van der Waals surface area (Å²) in [4.78, 5) is 11.7. The number of ether oxygens (including phenoxy) is 1. The van der Waals surface area contributed by atoms with Gasteiger partial charge in [-0.1, -0.05) is 54.2 Å². The number of benzene rings is 1. The standard InChI is InChI=1S/C17H24BrClO2/c1-4-8-17(11-18,9-5-2)12-21-16-7-6-14(19)10-15(16)13(3)20/h6-7,10H,4-5,8-9,11-12H2,1-3H3. The molecule has 0 amide bonds. The number of carbonyl (C=O) groups is 1. The molecule has 0 fully saturated rings. The first-order valence-electron chi connectivity index (χ1n) is 7.47. The number of rotatable bonds is 9. The van der Waals surface area contributed by atoms with Gasteiger partial charge in [-0.25, -0.2) is 0 Å². The first-order valence-corrected chi connectivity index (χ1v) is 8.97. The van der Waals surface area contributed by atoms with Crippen molar-refractivity contribution >= 4 is 33.3 Å². The van der Waals surface area contributed by atoms with E-state index in [2.05, 4.69) is 29.8 Å². The predicted molar refractivity (Wildman–Crippen MR) is 93.0 cm³/mol. The SMILES string of the molecule is CCCC(CBr)(CCC)COc1ccc(Cl)cc1C(C)=O. The van der Waals surface area contributed by atoms with E-state index in [1.165, 1.54) is 6.92 Å². The van der Waals surface area contributed by atoms with Gasteiger partial charge >= 0.3 is 0 Å². The second-order valence-electron chi connectivity index (χ2n) is 5.62. The highest BCUT2D eigenvalue weighted by molar-refractivity contribution is 9.09. The maximum atomic E-state index is 11.7. The molecular formula is C17H24BrClO2. The number of halogens is 2. The average Bonchev–Trinajstić information content (AvgIpc) is 2.46. The number of hydrogen-bond donors (Lipinski definition) is 0. The molecule has 21 heavy (non-hydrogen) atoms. The van der Waals surface area contributed by atoms with Crippen LogP contribution in [-0.4, -0.2) is 17.7 Å². The van der Waals surface area contributed by atoms with Crippen LogP contribution in [0, 0.1) is 5.41 Å². The first-order chi connectivity index (χ1) is 9.98. The Morgan fingerprint density at radius 1 is 1.29 bits per heavy atom. The van der Waals surface area contributed by atoms with E-state index in [1.54, 1.807) is 18.2 Å². The lowest BCUT2D eigenvalue weighted by Gasteiger charge is -2.31. The van der Waals surface area contributed by atoms with Crippen LogP contribution in [0.2, 0.25) is 5.02 Å². The number of alkyl halides is 1. The molecule has 0 aliphatic carbocycles. The van der Waals surface area contributed by atoms with Crippen LogP contribution in [0.3, 0.4) is 0 Å². The minimum atomic E-state index is -0.0251. The molecule has 0 unspecified atom stereocenters. The fourth-order valence-corrected chi connectivity index (χ4v) is 3.53. The van der Waals surface area contributed by atoms with Gasteiger partial charge in [-0.2, -0.15) is 0 Å². The average molecular weight is 376 g/mol. The Labute approximate surface area is 141 Å². The van der Waals surface area contributed by atoms with Crippen LogP contribution in [0.15, 0.2) is 18.2 Å². The summed E-state index contributed by atoms with van der Waals surface area (Å²) in [6.07, 6.45) is 4.45. The molecule has 0 bridgehead atoms. The van der Waals surface area contributed by atoms with Gasteiger partial charge in [0.1, 0.15) is 5.75 Å². The molecule has 0 aromatic heterocycles. The van der Waals surface area contributed by atoms with Crippen molar-refractivity contribution in [1.29, 1.82) is 0 Å². The molecule has 0 aliphatic heterocycles. The van der Waals surface area contributed by atoms with Crippen molar-refractivity contribution in [3.8, 4) is 5.75 Å². The summed E-state index contributed by atoms with van der Waals surface area (Å²) in [7, 11) is 0. The summed E-state index contributed by atoms with van der Waals surface area (Å²) in [5.74, 6) is 0.604. The van der Waals surface area contributed by atoms with Crippen molar-refractivity contribution in [2.75, 3.05) is 11.9 Å². The molecule has 0 saturated heterocycles. The fourth-order valence-electron chi connectivity index (χ4n) is 2.64. The molecule has 0 atom stereocenters. The molecule has 118 valence electrons. The lowest BCUT2D eigenvalue weighted by atomic mass is 9.82. The highest BCUT2D eigenvalue weighted by Crippen LogP contribution is 2.34. The maximum Gasteiger partial charge on any atom is 0.163 e. The summed E-state index contributed by atoms with van der Waals surface area (Å²) in [6.45, 7) is 6.53. The van der Waals surface area contributed by atoms with E-state index in [0.29, 0.717) is 22.9 Å². The van der Waals surface area contributed by atoms with Gasteiger partial charge in [0.05, 0.1) is 12.2 Å². The Hall–Kier alpha value is -0.540. The largest absolute Gasteiger partial charge is 0.492 e. The van der Waals surface area contributed by atoms with E-state index in [0.717, 1.165) is 31.0 Å². The van der Waals surface area contributed by atoms with E-state index in [9.17, 15) is 4.79 Å². The molecule has 1 aromatic carbocycles. The molecular weight excluding hydrogens is 352 g/mol. The smallest absolute Gasteiger partial charge is 0.163 e. The van der Waals surface area contributed by atoms with Crippen LogP contribution in [0.1, 0.15) is 56.8 Å². The summed E-state index contributed by atoms with van der Waals surface area (Å²) in [5, 5.41) is 1.46. The lowest BCUT2D eigenvalue weighted by molar-refractivity contribution is 0.100. The van der Waals surface area contributed by atoms with Gasteiger partial charge in [0.15, 0.2) is 5.78 Å². The molecule has 1 rings (SSSR count). The molecule has 0 aliphatic rings. The van der Waals surface area contributed by atoms with Gasteiger partial charge in [0, 0.05) is 15.8 Å². The van der Waals surface area contributed by atoms with E-state index < -0.39 is 0 Å². The van der Waals surface area contributed by atoms with Crippen LogP contribution in [0.4, 0.5) is 0 Å². The number of ketones is 1. The van der Waals surface area contributed by atoms with Gasteiger partial charge in [-0.15, -0.1) is 0 Å². The summed E-state index contributed by atoms with van der Waals surface area (Å²) in [6, 6.07) is 5.23. The first kappa shape index (κ1) is 18.5. The highest BCUT2D eigenvalue weighted by atomic mass is 79.9. The normalized spacial score (nSPS) is 11.5.